The normalized spacial score (nSPS) is 18.2. The Morgan fingerprint density at radius 2 is 1.67 bits per heavy atom. The molecule has 168 valence electrons. The third kappa shape index (κ3) is 5.76. The average molecular weight is 419 g/mol. The second-order valence-electron chi connectivity index (χ2n) is 8.65. The first kappa shape index (κ1) is 22.6. The van der Waals surface area contributed by atoms with Crippen molar-refractivity contribution >= 4 is 17.8 Å². The van der Waals surface area contributed by atoms with Crippen molar-refractivity contribution in [1.29, 1.82) is 0 Å². The summed E-state index contributed by atoms with van der Waals surface area (Å²) in [4.78, 5) is 28.0. The van der Waals surface area contributed by atoms with Crippen LogP contribution in [-0.4, -0.2) is 45.4 Å². The zero-order valence-electron chi connectivity index (χ0n) is 18.7. The highest BCUT2D eigenvalue weighted by Crippen LogP contribution is 2.31. The summed E-state index contributed by atoms with van der Waals surface area (Å²) in [6.45, 7) is 4.91. The Hall–Kier alpha value is -2.05. The average Bonchev–Trinajstić information content (AvgIpc) is 3.17. The monoisotopic (exact) mass is 418 g/mol. The van der Waals surface area contributed by atoms with Crippen LogP contribution in [0, 0.1) is 0 Å². The van der Waals surface area contributed by atoms with Crippen molar-refractivity contribution in [3.8, 4) is 0 Å². The fourth-order valence-corrected chi connectivity index (χ4v) is 4.82. The van der Waals surface area contributed by atoms with Crippen molar-refractivity contribution in [1.82, 2.24) is 14.7 Å². The van der Waals surface area contributed by atoms with E-state index in [0.29, 0.717) is 24.5 Å². The fourth-order valence-electron chi connectivity index (χ4n) is 4.82. The van der Waals surface area contributed by atoms with Gasteiger partial charge < -0.3 is 9.64 Å². The van der Waals surface area contributed by atoms with Crippen molar-refractivity contribution in [2.24, 2.45) is 0 Å². The molecule has 1 heterocycles. The molecule has 2 fully saturated rings. The van der Waals surface area contributed by atoms with E-state index in [2.05, 4.69) is 22.2 Å². The van der Waals surface area contributed by atoms with Gasteiger partial charge in [-0.2, -0.15) is 5.10 Å². The van der Waals surface area contributed by atoms with Gasteiger partial charge in [-0.25, -0.2) is 9.59 Å². The predicted octanol–water partition coefficient (Wildman–Crippen LogP) is 5.36. The van der Waals surface area contributed by atoms with Crippen molar-refractivity contribution in [2.75, 3.05) is 11.9 Å². The molecule has 3 rings (SSSR count). The summed E-state index contributed by atoms with van der Waals surface area (Å²) in [5.41, 5.74) is 0.341. The minimum atomic E-state index is -0.433. The van der Waals surface area contributed by atoms with Gasteiger partial charge in [0.25, 0.3) is 0 Å². The maximum atomic E-state index is 13.5. The first-order valence-corrected chi connectivity index (χ1v) is 12.0. The number of esters is 1. The molecule has 2 amide bonds. The molecule has 0 aromatic carbocycles. The van der Waals surface area contributed by atoms with E-state index in [-0.39, 0.29) is 18.1 Å². The van der Waals surface area contributed by atoms with Gasteiger partial charge in [0.05, 0.1) is 6.61 Å². The summed E-state index contributed by atoms with van der Waals surface area (Å²) in [6.07, 6.45) is 15.2. The topological polar surface area (TPSA) is 76.5 Å². The number of aromatic nitrogens is 2. The smallest absolute Gasteiger partial charge is 0.343 e. The highest BCUT2D eigenvalue weighted by molar-refractivity contribution is 5.99. The van der Waals surface area contributed by atoms with E-state index in [1.165, 1.54) is 38.5 Å². The molecule has 0 saturated heterocycles. The van der Waals surface area contributed by atoms with Crippen LogP contribution in [0.15, 0.2) is 6.20 Å². The van der Waals surface area contributed by atoms with Crippen LogP contribution in [0.1, 0.15) is 101 Å². The molecule has 2 saturated carbocycles. The summed E-state index contributed by atoms with van der Waals surface area (Å²) in [5.74, 6) is -0.108. The summed E-state index contributed by atoms with van der Waals surface area (Å²) in [7, 11) is 0. The van der Waals surface area contributed by atoms with Crippen molar-refractivity contribution in [3.05, 3.63) is 11.8 Å². The molecule has 0 unspecified atom stereocenters. The van der Waals surface area contributed by atoms with Crippen LogP contribution in [0.25, 0.3) is 0 Å². The largest absolute Gasteiger partial charge is 0.462 e. The van der Waals surface area contributed by atoms with Crippen molar-refractivity contribution in [2.45, 2.75) is 110 Å². The van der Waals surface area contributed by atoms with Gasteiger partial charge in [0.15, 0.2) is 5.82 Å². The molecule has 2 aliphatic rings. The Balaban J connectivity index is 1.80. The molecule has 1 aromatic rings. The molecule has 0 spiro atoms. The van der Waals surface area contributed by atoms with Crippen molar-refractivity contribution < 1.29 is 14.3 Å². The molecule has 0 atom stereocenters. The Morgan fingerprint density at radius 3 is 2.20 bits per heavy atom. The van der Waals surface area contributed by atoms with Crippen molar-refractivity contribution in [3.63, 3.8) is 0 Å². The van der Waals surface area contributed by atoms with Crippen LogP contribution >= 0.6 is 0 Å². The predicted molar refractivity (Wildman–Crippen MR) is 118 cm³/mol. The SMILES string of the molecule is CCCCn1cc(C(=O)OCC)c(NC(=O)N(C2CCCCC2)C2CCCCC2)n1. The summed E-state index contributed by atoms with van der Waals surface area (Å²) in [6, 6.07) is 0.463. The number of nitrogens with zero attached hydrogens (tertiary/aromatic N) is 3. The van der Waals surface area contributed by atoms with Crippen LogP contribution in [0.3, 0.4) is 0 Å². The highest BCUT2D eigenvalue weighted by Gasteiger charge is 2.33. The Labute approximate surface area is 180 Å². The van der Waals surface area contributed by atoms with Crippen LogP contribution in [-0.2, 0) is 11.3 Å². The van der Waals surface area contributed by atoms with Gasteiger partial charge in [0.2, 0.25) is 0 Å². The third-order valence-electron chi connectivity index (χ3n) is 6.39. The van der Waals surface area contributed by atoms with E-state index < -0.39 is 5.97 Å². The molecule has 2 aliphatic carbocycles. The summed E-state index contributed by atoms with van der Waals surface area (Å²) >= 11 is 0. The van der Waals surface area contributed by atoms with E-state index in [4.69, 9.17) is 4.74 Å². The molecule has 1 aromatic heterocycles. The molecule has 0 aliphatic heterocycles. The number of nitrogens with one attached hydrogen (secondary N) is 1. The van der Waals surface area contributed by atoms with Crippen LogP contribution in [0.4, 0.5) is 10.6 Å². The van der Waals surface area contributed by atoms with Crippen LogP contribution in [0.5, 0.6) is 0 Å². The number of carbonyl (C=O) groups is 2. The second-order valence-corrected chi connectivity index (χ2v) is 8.65. The van der Waals surface area contributed by atoms with Gasteiger partial charge in [0, 0.05) is 24.8 Å². The second kappa shape index (κ2) is 11.4. The van der Waals surface area contributed by atoms with E-state index in [1.807, 2.05) is 0 Å². The van der Waals surface area contributed by atoms with Gasteiger partial charge in [-0.3, -0.25) is 10.00 Å². The molecule has 0 bridgehead atoms. The van der Waals surface area contributed by atoms with E-state index >= 15 is 0 Å². The number of hydrogen-bond donors (Lipinski definition) is 1. The zero-order chi connectivity index (χ0) is 21.3. The lowest BCUT2D eigenvalue weighted by atomic mass is 9.89. The number of urea groups is 1. The van der Waals surface area contributed by atoms with Gasteiger partial charge in [-0.15, -0.1) is 0 Å². The fraction of sp³-hybridized carbons (Fsp3) is 0.783. The maximum absolute atomic E-state index is 13.5. The van der Waals surface area contributed by atoms with Gasteiger partial charge in [-0.1, -0.05) is 51.9 Å². The minimum absolute atomic E-state index is 0.111. The number of carbonyl (C=O) groups excluding carboxylic acids is 2. The van der Waals surface area contributed by atoms with Gasteiger partial charge in [-0.05, 0) is 39.0 Å². The van der Waals surface area contributed by atoms with E-state index in [1.54, 1.807) is 17.8 Å². The Bertz CT molecular complexity index is 673. The lowest BCUT2D eigenvalue weighted by Gasteiger charge is -2.41. The lowest BCUT2D eigenvalue weighted by molar-refractivity contribution is 0.0527. The molecule has 7 heteroatoms. The number of ether oxygens (including phenoxy) is 1. The van der Waals surface area contributed by atoms with Gasteiger partial charge >= 0.3 is 12.0 Å². The van der Waals surface area contributed by atoms with E-state index in [0.717, 1.165) is 38.5 Å². The summed E-state index contributed by atoms with van der Waals surface area (Å²) < 4.78 is 6.95. The maximum Gasteiger partial charge on any atom is 0.343 e. The standard InChI is InChI=1S/C23H38N4O3/c1-3-5-16-26-17-20(22(28)30-4-2)21(25-26)24-23(29)27(18-12-8-6-9-13-18)19-14-10-7-11-15-19/h17-19H,3-16H2,1-2H3,(H,24,25,29). The number of rotatable bonds is 8. The number of anilines is 1. The number of aryl methyl sites for hydroxylation is 1. The van der Waals surface area contributed by atoms with Crippen LogP contribution < -0.4 is 5.32 Å². The molecule has 30 heavy (non-hydrogen) atoms. The van der Waals surface area contributed by atoms with Gasteiger partial charge in [0.1, 0.15) is 5.56 Å². The Kier molecular flexibility index (Phi) is 8.58. The zero-order valence-corrected chi connectivity index (χ0v) is 18.7. The minimum Gasteiger partial charge on any atom is -0.462 e. The number of unbranched alkanes of at least 4 members (excludes halogenated alkanes) is 1. The van der Waals surface area contributed by atoms with E-state index in [9.17, 15) is 9.59 Å². The highest BCUT2D eigenvalue weighted by atomic mass is 16.5. The first-order chi connectivity index (χ1) is 14.6. The molecular weight excluding hydrogens is 380 g/mol. The lowest BCUT2D eigenvalue weighted by Crippen LogP contribution is -2.50. The quantitative estimate of drug-likeness (QED) is 0.577. The number of hydrogen-bond acceptors (Lipinski definition) is 4. The third-order valence-corrected chi connectivity index (χ3v) is 6.39. The molecular formula is C23H38N4O3. The molecule has 0 radical (unpaired) electrons. The molecule has 1 N–H and O–H groups in total. The number of amides is 2. The Morgan fingerprint density at radius 1 is 1.07 bits per heavy atom. The molecule has 7 nitrogen and oxygen atoms in total. The summed E-state index contributed by atoms with van der Waals surface area (Å²) in [5, 5.41) is 7.52. The van der Waals surface area contributed by atoms with Crippen LogP contribution in [0.2, 0.25) is 0 Å². The first-order valence-electron chi connectivity index (χ1n) is 12.0.